The zero-order valence-electron chi connectivity index (χ0n) is 7.82. The molecule has 1 heteroatoms. The maximum atomic E-state index is 5.65. The van der Waals surface area contributed by atoms with Crippen molar-refractivity contribution in [2.75, 3.05) is 0 Å². The van der Waals surface area contributed by atoms with Crippen LogP contribution < -0.4 is 0 Å². The van der Waals surface area contributed by atoms with E-state index in [1.54, 1.807) is 0 Å². The van der Waals surface area contributed by atoms with Crippen LogP contribution in [0.1, 0.15) is 47.5 Å². The molecule has 0 saturated carbocycles. The van der Waals surface area contributed by atoms with Crippen molar-refractivity contribution in [1.82, 2.24) is 0 Å². The van der Waals surface area contributed by atoms with Gasteiger partial charge in [0, 0.05) is 0 Å². The van der Waals surface area contributed by atoms with Gasteiger partial charge in [-0.1, -0.05) is 13.8 Å². The predicted octanol–water partition coefficient (Wildman–Crippen LogP) is 3.15. The summed E-state index contributed by atoms with van der Waals surface area (Å²) in [6, 6.07) is 0. The summed E-state index contributed by atoms with van der Waals surface area (Å²) >= 11 is 0. The molecule has 0 unspecified atom stereocenters. The summed E-state index contributed by atoms with van der Waals surface area (Å²) in [4.78, 5) is 0. The molecule has 1 radical (unpaired) electrons. The van der Waals surface area contributed by atoms with E-state index in [9.17, 15) is 0 Å². The first kappa shape index (κ1) is 9.96. The molecule has 0 aliphatic rings. The Labute approximate surface area is 64.8 Å². The van der Waals surface area contributed by atoms with Crippen LogP contribution in [0.4, 0.5) is 0 Å². The van der Waals surface area contributed by atoms with E-state index in [4.69, 9.17) is 4.74 Å². The monoisotopic (exact) mass is 143 g/mol. The lowest BCUT2D eigenvalue weighted by atomic mass is 10.1. The largest absolute Gasteiger partial charge is 0.366 e. The molecule has 0 rings (SSSR count). The van der Waals surface area contributed by atoms with E-state index in [1.165, 1.54) is 6.10 Å². The molecule has 0 aromatic heterocycles. The lowest BCUT2D eigenvalue weighted by Gasteiger charge is -2.24. The Balaban J connectivity index is 3.63. The zero-order chi connectivity index (χ0) is 8.20. The second kappa shape index (κ2) is 3.97. The van der Waals surface area contributed by atoms with Crippen molar-refractivity contribution in [1.29, 1.82) is 0 Å². The van der Waals surface area contributed by atoms with Crippen LogP contribution >= 0.6 is 0 Å². The number of rotatable bonds is 3. The molecule has 0 heterocycles. The van der Waals surface area contributed by atoms with E-state index in [-0.39, 0.29) is 5.60 Å². The molecule has 0 saturated heterocycles. The first-order valence-electron chi connectivity index (χ1n) is 4.03. The van der Waals surface area contributed by atoms with Gasteiger partial charge in [-0.05, 0) is 33.6 Å². The number of ether oxygens (including phenoxy) is 1. The van der Waals surface area contributed by atoms with Crippen LogP contribution in [0.15, 0.2) is 0 Å². The Hall–Kier alpha value is -0.0400. The van der Waals surface area contributed by atoms with E-state index < -0.39 is 0 Å². The van der Waals surface area contributed by atoms with Gasteiger partial charge in [0.1, 0.15) is 0 Å². The Morgan fingerprint density at radius 3 is 1.60 bits per heavy atom. The molecule has 0 atom stereocenters. The fourth-order valence-corrected chi connectivity index (χ4v) is 0.827. The minimum Gasteiger partial charge on any atom is -0.366 e. The van der Waals surface area contributed by atoms with Crippen LogP contribution in [0.3, 0.4) is 0 Å². The van der Waals surface area contributed by atoms with E-state index in [0.29, 0.717) is 0 Å². The normalized spacial score (nSPS) is 12.6. The standard InChI is InChI=1S/C9H19O/c1-6-8(7-2)10-9(3,4)5/h6-7H2,1-5H3. The molecule has 0 spiro atoms. The van der Waals surface area contributed by atoms with Gasteiger partial charge < -0.3 is 4.74 Å². The lowest BCUT2D eigenvalue weighted by molar-refractivity contribution is -0.000640. The molecule has 0 aliphatic carbocycles. The predicted molar refractivity (Wildman–Crippen MR) is 44.7 cm³/mol. The van der Waals surface area contributed by atoms with Crippen molar-refractivity contribution in [3.63, 3.8) is 0 Å². The summed E-state index contributed by atoms with van der Waals surface area (Å²) < 4.78 is 5.65. The second-order valence-electron chi connectivity index (χ2n) is 3.46. The first-order valence-corrected chi connectivity index (χ1v) is 4.03. The molecular weight excluding hydrogens is 124 g/mol. The van der Waals surface area contributed by atoms with Crippen LogP contribution in [0.2, 0.25) is 0 Å². The van der Waals surface area contributed by atoms with Crippen LogP contribution in [-0.2, 0) is 4.74 Å². The summed E-state index contributed by atoms with van der Waals surface area (Å²) in [6.45, 7) is 10.5. The average Bonchev–Trinajstić information content (AvgIpc) is 1.81. The van der Waals surface area contributed by atoms with Crippen molar-refractivity contribution < 1.29 is 4.74 Å². The second-order valence-corrected chi connectivity index (χ2v) is 3.46. The maximum Gasteiger partial charge on any atom is 0.0972 e. The van der Waals surface area contributed by atoms with Gasteiger partial charge in [-0.3, -0.25) is 0 Å². The van der Waals surface area contributed by atoms with Gasteiger partial charge >= 0.3 is 0 Å². The molecule has 0 amide bonds. The summed E-state index contributed by atoms with van der Waals surface area (Å²) in [5.74, 6) is 0. The minimum absolute atomic E-state index is 0.0125. The van der Waals surface area contributed by atoms with Gasteiger partial charge in [0.25, 0.3) is 0 Å². The third kappa shape index (κ3) is 4.80. The van der Waals surface area contributed by atoms with Gasteiger partial charge in [0.15, 0.2) is 0 Å². The SMILES string of the molecule is CC[C](CC)OC(C)(C)C. The van der Waals surface area contributed by atoms with E-state index in [0.717, 1.165) is 12.8 Å². The highest BCUT2D eigenvalue weighted by molar-refractivity contribution is 4.78. The highest BCUT2D eigenvalue weighted by Gasteiger charge is 2.16. The average molecular weight is 143 g/mol. The molecule has 0 aliphatic heterocycles. The Kier molecular flexibility index (Phi) is 3.95. The van der Waals surface area contributed by atoms with Crippen LogP contribution in [-0.4, -0.2) is 5.60 Å². The van der Waals surface area contributed by atoms with Crippen LogP contribution in [0.25, 0.3) is 0 Å². The maximum absolute atomic E-state index is 5.65. The number of hydrogen-bond donors (Lipinski definition) is 0. The molecule has 10 heavy (non-hydrogen) atoms. The zero-order valence-corrected chi connectivity index (χ0v) is 7.82. The molecule has 1 nitrogen and oxygen atoms in total. The van der Waals surface area contributed by atoms with Crippen LogP contribution in [0.5, 0.6) is 0 Å². The smallest absolute Gasteiger partial charge is 0.0972 e. The summed E-state index contributed by atoms with van der Waals surface area (Å²) in [7, 11) is 0. The number of hydrogen-bond acceptors (Lipinski definition) is 1. The van der Waals surface area contributed by atoms with Gasteiger partial charge in [0.2, 0.25) is 0 Å². The quantitative estimate of drug-likeness (QED) is 0.589. The fraction of sp³-hybridized carbons (Fsp3) is 0.889. The molecule has 0 aromatic rings. The topological polar surface area (TPSA) is 9.23 Å². The fourth-order valence-electron chi connectivity index (χ4n) is 0.827. The summed E-state index contributed by atoms with van der Waals surface area (Å²) in [5, 5.41) is 0. The van der Waals surface area contributed by atoms with E-state index >= 15 is 0 Å². The van der Waals surface area contributed by atoms with Crippen molar-refractivity contribution in [3.05, 3.63) is 6.10 Å². The molecule has 0 fully saturated rings. The van der Waals surface area contributed by atoms with Crippen molar-refractivity contribution in [2.45, 2.75) is 53.1 Å². The van der Waals surface area contributed by atoms with Crippen molar-refractivity contribution in [3.8, 4) is 0 Å². The molecular formula is C9H19O. The third-order valence-electron chi connectivity index (χ3n) is 1.24. The van der Waals surface area contributed by atoms with Crippen LogP contribution in [0, 0.1) is 6.10 Å². The van der Waals surface area contributed by atoms with E-state index in [2.05, 4.69) is 34.6 Å². The summed E-state index contributed by atoms with van der Waals surface area (Å²) in [5.41, 5.74) is -0.0125. The highest BCUT2D eigenvalue weighted by Crippen LogP contribution is 2.20. The Morgan fingerprint density at radius 1 is 1.10 bits per heavy atom. The first-order chi connectivity index (χ1) is 4.49. The van der Waals surface area contributed by atoms with Gasteiger partial charge in [-0.25, -0.2) is 0 Å². The van der Waals surface area contributed by atoms with Crippen molar-refractivity contribution >= 4 is 0 Å². The minimum atomic E-state index is -0.0125. The highest BCUT2D eigenvalue weighted by atomic mass is 16.5. The van der Waals surface area contributed by atoms with Crippen molar-refractivity contribution in [2.24, 2.45) is 0 Å². The third-order valence-corrected chi connectivity index (χ3v) is 1.24. The van der Waals surface area contributed by atoms with Gasteiger partial charge in [-0.2, -0.15) is 0 Å². The molecule has 0 aromatic carbocycles. The molecule has 0 N–H and O–H groups in total. The Bertz CT molecular complexity index is 77.2. The van der Waals surface area contributed by atoms with Gasteiger partial charge in [0.05, 0.1) is 11.7 Å². The van der Waals surface area contributed by atoms with Gasteiger partial charge in [-0.15, -0.1) is 0 Å². The lowest BCUT2D eigenvalue weighted by Crippen LogP contribution is -2.21. The summed E-state index contributed by atoms with van der Waals surface area (Å²) in [6.07, 6.45) is 3.27. The molecule has 0 bridgehead atoms. The van der Waals surface area contributed by atoms with E-state index in [1.807, 2.05) is 0 Å². The Morgan fingerprint density at radius 2 is 1.50 bits per heavy atom. The molecule has 61 valence electrons.